The van der Waals surface area contributed by atoms with Crippen LogP contribution in [0.5, 0.6) is 0 Å². The SMILES string of the molecule is CSCC(C)NC(=O)C(C)(C)C(N)=S. The molecule has 1 atom stereocenters. The Hall–Kier alpha value is -0.290. The summed E-state index contributed by atoms with van der Waals surface area (Å²) in [5.74, 6) is 0.783. The van der Waals surface area contributed by atoms with Crippen molar-refractivity contribution in [3.63, 3.8) is 0 Å². The average molecular weight is 234 g/mol. The van der Waals surface area contributed by atoms with E-state index in [2.05, 4.69) is 5.32 Å². The lowest BCUT2D eigenvalue weighted by atomic mass is 9.92. The van der Waals surface area contributed by atoms with Crippen molar-refractivity contribution >= 4 is 34.9 Å². The van der Waals surface area contributed by atoms with Gasteiger partial charge in [-0.1, -0.05) is 12.2 Å². The van der Waals surface area contributed by atoms with Gasteiger partial charge in [0.1, 0.15) is 0 Å². The monoisotopic (exact) mass is 234 g/mol. The van der Waals surface area contributed by atoms with Crippen molar-refractivity contribution in [3.8, 4) is 0 Å². The number of thioether (sulfide) groups is 1. The molecule has 0 aliphatic carbocycles. The number of carbonyl (C=O) groups is 1. The van der Waals surface area contributed by atoms with Crippen LogP contribution in [0.1, 0.15) is 20.8 Å². The smallest absolute Gasteiger partial charge is 0.232 e. The molecule has 0 saturated heterocycles. The van der Waals surface area contributed by atoms with Crippen molar-refractivity contribution in [2.45, 2.75) is 26.8 Å². The predicted molar refractivity (Wildman–Crippen MR) is 66.6 cm³/mol. The van der Waals surface area contributed by atoms with Crippen LogP contribution >= 0.6 is 24.0 Å². The molecule has 0 radical (unpaired) electrons. The molecule has 3 N–H and O–H groups in total. The van der Waals surface area contributed by atoms with Gasteiger partial charge in [0.05, 0.1) is 10.4 Å². The van der Waals surface area contributed by atoms with E-state index in [-0.39, 0.29) is 16.9 Å². The van der Waals surface area contributed by atoms with Crippen molar-refractivity contribution in [2.75, 3.05) is 12.0 Å². The van der Waals surface area contributed by atoms with E-state index in [1.165, 1.54) is 0 Å². The lowest BCUT2D eigenvalue weighted by Crippen LogP contribution is -2.48. The zero-order valence-electron chi connectivity index (χ0n) is 9.09. The molecule has 1 amide bonds. The highest BCUT2D eigenvalue weighted by Crippen LogP contribution is 2.15. The number of rotatable bonds is 5. The molecule has 0 spiro atoms. The minimum Gasteiger partial charge on any atom is -0.392 e. The molecular weight excluding hydrogens is 216 g/mol. The first-order valence-electron chi connectivity index (χ1n) is 4.42. The lowest BCUT2D eigenvalue weighted by Gasteiger charge is -2.24. The maximum absolute atomic E-state index is 11.7. The fourth-order valence-corrected chi connectivity index (χ4v) is 1.48. The Morgan fingerprint density at radius 2 is 2.14 bits per heavy atom. The second-order valence-corrected chi connectivity index (χ2v) is 5.17. The van der Waals surface area contributed by atoms with Crippen LogP contribution in [0.15, 0.2) is 0 Å². The van der Waals surface area contributed by atoms with E-state index < -0.39 is 5.41 Å². The van der Waals surface area contributed by atoms with Gasteiger partial charge in [-0.25, -0.2) is 0 Å². The summed E-state index contributed by atoms with van der Waals surface area (Å²) in [6.45, 7) is 5.43. The minimum absolute atomic E-state index is 0.105. The molecule has 5 heteroatoms. The molecule has 14 heavy (non-hydrogen) atoms. The summed E-state index contributed by atoms with van der Waals surface area (Å²) in [6.07, 6.45) is 2.00. The van der Waals surface area contributed by atoms with Crippen LogP contribution < -0.4 is 11.1 Å². The molecule has 0 heterocycles. The van der Waals surface area contributed by atoms with Crippen LogP contribution in [-0.2, 0) is 4.79 Å². The summed E-state index contributed by atoms with van der Waals surface area (Å²) in [4.78, 5) is 11.9. The van der Waals surface area contributed by atoms with Crippen molar-refractivity contribution in [3.05, 3.63) is 0 Å². The molecule has 0 bridgehead atoms. The zero-order chi connectivity index (χ0) is 11.4. The minimum atomic E-state index is -0.762. The highest BCUT2D eigenvalue weighted by atomic mass is 32.2. The number of hydrogen-bond acceptors (Lipinski definition) is 3. The Labute approximate surface area is 95.2 Å². The predicted octanol–water partition coefficient (Wildman–Crippen LogP) is 1.17. The molecule has 1 unspecified atom stereocenters. The van der Waals surface area contributed by atoms with Crippen LogP contribution in [0.3, 0.4) is 0 Å². The summed E-state index contributed by atoms with van der Waals surface area (Å²) < 4.78 is 0. The van der Waals surface area contributed by atoms with Crippen molar-refractivity contribution in [2.24, 2.45) is 11.1 Å². The van der Waals surface area contributed by atoms with Gasteiger partial charge in [-0.3, -0.25) is 4.79 Å². The molecule has 0 aromatic rings. The number of thiocarbonyl (C=S) groups is 1. The first-order chi connectivity index (χ1) is 6.32. The molecule has 0 aromatic carbocycles. The molecule has 0 rings (SSSR count). The van der Waals surface area contributed by atoms with E-state index in [0.29, 0.717) is 0 Å². The number of amides is 1. The number of carbonyl (C=O) groups excluding carboxylic acids is 1. The first kappa shape index (κ1) is 13.7. The van der Waals surface area contributed by atoms with Crippen molar-refractivity contribution in [1.82, 2.24) is 5.32 Å². The Morgan fingerprint density at radius 1 is 1.64 bits per heavy atom. The fraction of sp³-hybridized carbons (Fsp3) is 0.778. The highest BCUT2D eigenvalue weighted by Gasteiger charge is 2.31. The Morgan fingerprint density at radius 3 is 2.50 bits per heavy atom. The van der Waals surface area contributed by atoms with Crippen molar-refractivity contribution < 1.29 is 4.79 Å². The quantitative estimate of drug-likeness (QED) is 0.701. The first-order valence-corrected chi connectivity index (χ1v) is 6.22. The Bertz CT molecular complexity index is 229. The van der Waals surface area contributed by atoms with Gasteiger partial charge in [-0.2, -0.15) is 11.8 Å². The average Bonchev–Trinajstić information content (AvgIpc) is 2.03. The van der Waals surface area contributed by atoms with Crippen LogP contribution in [0.25, 0.3) is 0 Å². The zero-order valence-corrected chi connectivity index (χ0v) is 10.7. The second kappa shape index (κ2) is 5.56. The molecule has 82 valence electrons. The van der Waals surface area contributed by atoms with Crippen LogP contribution in [0, 0.1) is 5.41 Å². The Kier molecular flexibility index (Phi) is 5.44. The summed E-state index contributed by atoms with van der Waals surface area (Å²) >= 11 is 6.53. The molecule has 0 aliphatic rings. The normalized spacial score (nSPS) is 13.4. The fourth-order valence-electron chi connectivity index (χ4n) is 0.808. The van der Waals surface area contributed by atoms with E-state index >= 15 is 0 Å². The largest absolute Gasteiger partial charge is 0.392 e. The maximum atomic E-state index is 11.7. The summed E-state index contributed by atoms with van der Waals surface area (Å²) in [7, 11) is 0. The maximum Gasteiger partial charge on any atom is 0.232 e. The molecular formula is C9H18N2OS2. The third kappa shape index (κ3) is 3.84. The van der Waals surface area contributed by atoms with Crippen molar-refractivity contribution in [1.29, 1.82) is 0 Å². The van der Waals surface area contributed by atoms with E-state index in [0.717, 1.165) is 5.75 Å². The molecule has 0 saturated carbocycles. The molecule has 0 aromatic heterocycles. The van der Waals surface area contributed by atoms with Gasteiger partial charge < -0.3 is 11.1 Å². The number of nitrogens with two attached hydrogens (primary N) is 1. The second-order valence-electron chi connectivity index (χ2n) is 3.82. The third-order valence-electron chi connectivity index (χ3n) is 1.98. The third-order valence-corrected chi connectivity index (χ3v) is 3.32. The van der Waals surface area contributed by atoms with E-state index in [9.17, 15) is 4.79 Å². The Balaban J connectivity index is 4.27. The highest BCUT2D eigenvalue weighted by molar-refractivity contribution is 7.98. The van der Waals surface area contributed by atoms with Gasteiger partial charge >= 0.3 is 0 Å². The van der Waals surface area contributed by atoms with Gasteiger partial charge in [0, 0.05) is 11.8 Å². The van der Waals surface area contributed by atoms with Crippen LogP contribution in [-0.4, -0.2) is 28.9 Å². The molecule has 0 fully saturated rings. The topological polar surface area (TPSA) is 55.1 Å². The van der Waals surface area contributed by atoms with Crippen LogP contribution in [0.2, 0.25) is 0 Å². The van der Waals surface area contributed by atoms with Gasteiger partial charge in [0.25, 0.3) is 0 Å². The lowest BCUT2D eigenvalue weighted by molar-refractivity contribution is -0.126. The number of nitrogens with one attached hydrogen (secondary N) is 1. The summed E-state index contributed by atoms with van der Waals surface area (Å²) in [5.41, 5.74) is 4.72. The standard InChI is InChI=1S/C9H18N2OS2/c1-6(5-14-4)11-8(12)9(2,3)7(10)13/h6H,5H2,1-4H3,(H2,10,13)(H,11,12). The van der Waals surface area contributed by atoms with Crippen LogP contribution in [0.4, 0.5) is 0 Å². The summed E-state index contributed by atoms with van der Waals surface area (Å²) in [5, 5.41) is 2.88. The van der Waals surface area contributed by atoms with E-state index in [1.54, 1.807) is 25.6 Å². The van der Waals surface area contributed by atoms with Gasteiger partial charge in [-0.05, 0) is 27.0 Å². The summed E-state index contributed by atoms with van der Waals surface area (Å²) in [6, 6.07) is 0.145. The molecule has 0 aliphatic heterocycles. The van der Waals surface area contributed by atoms with Gasteiger partial charge in [0.15, 0.2) is 0 Å². The van der Waals surface area contributed by atoms with E-state index in [4.69, 9.17) is 18.0 Å². The van der Waals surface area contributed by atoms with Gasteiger partial charge in [0.2, 0.25) is 5.91 Å². The van der Waals surface area contributed by atoms with E-state index in [1.807, 2.05) is 13.2 Å². The van der Waals surface area contributed by atoms with Gasteiger partial charge in [-0.15, -0.1) is 0 Å². The number of hydrogen-bond donors (Lipinski definition) is 2. The molecule has 3 nitrogen and oxygen atoms in total.